The molecule has 1 aromatic rings. The fraction of sp³-hybridized carbons (Fsp3) is 0.588. The Morgan fingerprint density at radius 3 is 2.48 bits per heavy atom. The standard InChI is InChI=1S/C17H27N3O3S.ClH/c1-13(14(2)18)17(21)19-12-15-7-6-8-16(11-15)24(22,23)20-9-4-3-5-10-20;/h6-8,11,13-14H,3-5,9-10,12,18H2,1-2H3,(H,19,21);1H. The molecule has 2 atom stereocenters. The van der Waals surface area contributed by atoms with Crippen molar-refractivity contribution >= 4 is 28.3 Å². The van der Waals surface area contributed by atoms with Gasteiger partial charge in [-0.2, -0.15) is 4.31 Å². The molecule has 8 heteroatoms. The highest BCUT2D eigenvalue weighted by Crippen LogP contribution is 2.21. The van der Waals surface area contributed by atoms with Crippen molar-refractivity contribution in [3.8, 4) is 0 Å². The van der Waals surface area contributed by atoms with Gasteiger partial charge in [-0.25, -0.2) is 8.42 Å². The molecule has 1 aliphatic rings. The fourth-order valence-corrected chi connectivity index (χ4v) is 4.25. The summed E-state index contributed by atoms with van der Waals surface area (Å²) in [7, 11) is -3.45. The zero-order valence-electron chi connectivity index (χ0n) is 14.8. The lowest BCUT2D eigenvalue weighted by atomic mass is 10.0. The topological polar surface area (TPSA) is 92.5 Å². The molecule has 1 aromatic carbocycles. The molecular formula is C17H28ClN3O3S. The van der Waals surface area contributed by atoms with E-state index in [1.165, 1.54) is 0 Å². The second-order valence-electron chi connectivity index (χ2n) is 6.48. The number of carbonyl (C=O) groups excluding carboxylic acids is 1. The van der Waals surface area contributed by atoms with Crippen LogP contribution in [-0.4, -0.2) is 37.8 Å². The number of benzene rings is 1. The van der Waals surface area contributed by atoms with Gasteiger partial charge in [0.05, 0.1) is 4.90 Å². The molecule has 0 spiro atoms. The van der Waals surface area contributed by atoms with Crippen molar-refractivity contribution in [2.24, 2.45) is 11.7 Å². The molecule has 1 amide bonds. The molecule has 0 aromatic heterocycles. The van der Waals surface area contributed by atoms with Gasteiger partial charge in [0.15, 0.2) is 0 Å². The predicted octanol–water partition coefficient (Wildman–Crippen LogP) is 1.88. The summed E-state index contributed by atoms with van der Waals surface area (Å²) in [5.74, 6) is -0.417. The van der Waals surface area contributed by atoms with E-state index < -0.39 is 10.0 Å². The lowest BCUT2D eigenvalue weighted by molar-refractivity contribution is -0.125. The Hall–Kier alpha value is -1.15. The number of sulfonamides is 1. The number of nitrogens with zero attached hydrogens (tertiary/aromatic N) is 1. The normalized spacial score (nSPS) is 18.0. The Balaban J connectivity index is 0.00000312. The van der Waals surface area contributed by atoms with E-state index in [0.29, 0.717) is 19.6 Å². The minimum Gasteiger partial charge on any atom is -0.352 e. The summed E-state index contributed by atoms with van der Waals surface area (Å²) in [4.78, 5) is 12.3. The number of amides is 1. The van der Waals surface area contributed by atoms with Crippen LogP contribution in [0.5, 0.6) is 0 Å². The molecule has 2 rings (SSSR count). The third kappa shape index (κ3) is 5.67. The van der Waals surface area contributed by atoms with E-state index in [4.69, 9.17) is 5.73 Å². The van der Waals surface area contributed by atoms with E-state index in [0.717, 1.165) is 24.8 Å². The molecule has 2 unspecified atom stereocenters. The van der Waals surface area contributed by atoms with Gasteiger partial charge in [-0.1, -0.05) is 25.5 Å². The van der Waals surface area contributed by atoms with Crippen LogP contribution in [-0.2, 0) is 21.4 Å². The third-order valence-electron chi connectivity index (χ3n) is 4.52. The number of carbonyl (C=O) groups is 1. The molecule has 0 aliphatic carbocycles. The second kappa shape index (κ2) is 9.52. The van der Waals surface area contributed by atoms with Crippen molar-refractivity contribution < 1.29 is 13.2 Å². The van der Waals surface area contributed by atoms with Gasteiger partial charge in [0.2, 0.25) is 15.9 Å². The molecule has 6 nitrogen and oxygen atoms in total. The first-order valence-corrected chi connectivity index (χ1v) is 9.89. The molecule has 0 radical (unpaired) electrons. The molecular weight excluding hydrogens is 362 g/mol. The van der Waals surface area contributed by atoms with E-state index in [1.54, 1.807) is 36.4 Å². The highest BCUT2D eigenvalue weighted by atomic mass is 35.5. The Morgan fingerprint density at radius 2 is 1.88 bits per heavy atom. The van der Waals surface area contributed by atoms with Crippen LogP contribution in [0.1, 0.15) is 38.7 Å². The first-order valence-electron chi connectivity index (χ1n) is 8.45. The quantitative estimate of drug-likeness (QED) is 0.776. The number of halogens is 1. The van der Waals surface area contributed by atoms with Gasteiger partial charge in [-0.3, -0.25) is 4.79 Å². The number of hydrogen-bond donors (Lipinski definition) is 2. The Morgan fingerprint density at radius 1 is 1.24 bits per heavy atom. The smallest absolute Gasteiger partial charge is 0.243 e. The Labute approximate surface area is 156 Å². The number of nitrogens with one attached hydrogen (secondary N) is 1. The molecule has 1 heterocycles. The average Bonchev–Trinajstić information content (AvgIpc) is 2.60. The van der Waals surface area contributed by atoms with Crippen LogP contribution >= 0.6 is 12.4 Å². The van der Waals surface area contributed by atoms with E-state index in [1.807, 2.05) is 6.07 Å². The molecule has 1 fully saturated rings. The molecule has 142 valence electrons. The highest BCUT2D eigenvalue weighted by molar-refractivity contribution is 7.89. The van der Waals surface area contributed by atoms with E-state index in [9.17, 15) is 13.2 Å². The predicted molar refractivity (Wildman–Crippen MR) is 101 cm³/mol. The Kier molecular flexibility index (Phi) is 8.34. The number of hydrogen-bond acceptors (Lipinski definition) is 4. The van der Waals surface area contributed by atoms with E-state index in [2.05, 4.69) is 5.32 Å². The first kappa shape index (κ1) is 21.9. The minimum atomic E-state index is -3.45. The van der Waals surface area contributed by atoms with Crippen LogP contribution in [0.3, 0.4) is 0 Å². The van der Waals surface area contributed by atoms with Crippen molar-refractivity contribution in [2.75, 3.05) is 13.1 Å². The average molecular weight is 390 g/mol. The van der Waals surface area contributed by atoms with Gasteiger partial charge in [0.1, 0.15) is 0 Å². The van der Waals surface area contributed by atoms with Gasteiger partial charge in [0, 0.05) is 31.6 Å². The second-order valence-corrected chi connectivity index (χ2v) is 8.42. The summed E-state index contributed by atoms with van der Waals surface area (Å²) in [6, 6.07) is 6.55. The van der Waals surface area contributed by atoms with Gasteiger partial charge in [0.25, 0.3) is 0 Å². The highest BCUT2D eigenvalue weighted by Gasteiger charge is 2.26. The number of rotatable bonds is 6. The molecule has 1 aliphatic heterocycles. The monoisotopic (exact) mass is 389 g/mol. The zero-order valence-corrected chi connectivity index (χ0v) is 16.4. The van der Waals surface area contributed by atoms with Gasteiger partial charge >= 0.3 is 0 Å². The maximum Gasteiger partial charge on any atom is 0.243 e. The minimum absolute atomic E-state index is 0. The lowest BCUT2D eigenvalue weighted by Crippen LogP contribution is -2.38. The zero-order chi connectivity index (χ0) is 17.7. The van der Waals surface area contributed by atoms with Crippen LogP contribution < -0.4 is 11.1 Å². The van der Waals surface area contributed by atoms with E-state index >= 15 is 0 Å². The Bertz CT molecular complexity index is 673. The summed E-state index contributed by atoms with van der Waals surface area (Å²) in [5, 5.41) is 2.81. The van der Waals surface area contributed by atoms with Crippen molar-refractivity contribution in [1.82, 2.24) is 9.62 Å². The summed E-state index contributed by atoms with van der Waals surface area (Å²) in [6.07, 6.45) is 2.89. The van der Waals surface area contributed by atoms with Crippen LogP contribution in [0.25, 0.3) is 0 Å². The fourth-order valence-electron chi connectivity index (χ4n) is 2.66. The maximum atomic E-state index is 12.7. The summed E-state index contributed by atoms with van der Waals surface area (Å²) in [5.41, 5.74) is 6.49. The van der Waals surface area contributed by atoms with Gasteiger partial charge in [-0.15, -0.1) is 12.4 Å². The molecule has 3 N–H and O–H groups in total. The van der Waals surface area contributed by atoms with Crippen LogP contribution in [0, 0.1) is 5.92 Å². The van der Waals surface area contributed by atoms with Crippen LogP contribution in [0.15, 0.2) is 29.2 Å². The SMILES string of the molecule is CC(N)C(C)C(=O)NCc1cccc(S(=O)(=O)N2CCCCC2)c1.Cl. The first-order chi connectivity index (χ1) is 11.3. The number of piperidine rings is 1. The third-order valence-corrected chi connectivity index (χ3v) is 6.41. The molecule has 25 heavy (non-hydrogen) atoms. The molecule has 0 saturated carbocycles. The van der Waals surface area contributed by atoms with Crippen LogP contribution in [0.4, 0.5) is 0 Å². The van der Waals surface area contributed by atoms with Crippen LogP contribution in [0.2, 0.25) is 0 Å². The lowest BCUT2D eigenvalue weighted by Gasteiger charge is -2.26. The van der Waals surface area contributed by atoms with Crippen molar-refractivity contribution in [1.29, 1.82) is 0 Å². The van der Waals surface area contributed by atoms with Crippen molar-refractivity contribution in [3.05, 3.63) is 29.8 Å². The van der Waals surface area contributed by atoms with Crippen molar-refractivity contribution in [3.63, 3.8) is 0 Å². The molecule has 0 bridgehead atoms. The largest absolute Gasteiger partial charge is 0.352 e. The maximum absolute atomic E-state index is 12.7. The summed E-state index contributed by atoms with van der Waals surface area (Å²) < 4.78 is 26.9. The van der Waals surface area contributed by atoms with Gasteiger partial charge in [-0.05, 0) is 37.5 Å². The summed E-state index contributed by atoms with van der Waals surface area (Å²) in [6.45, 7) is 5.01. The van der Waals surface area contributed by atoms with Gasteiger partial charge < -0.3 is 11.1 Å². The summed E-state index contributed by atoms with van der Waals surface area (Å²) >= 11 is 0. The van der Waals surface area contributed by atoms with Crippen molar-refractivity contribution in [2.45, 2.75) is 50.6 Å². The molecule has 1 saturated heterocycles. The van der Waals surface area contributed by atoms with E-state index in [-0.39, 0.29) is 35.2 Å². The number of nitrogens with two attached hydrogens (primary N) is 1.